The fourth-order valence-corrected chi connectivity index (χ4v) is 5.37. The Balaban J connectivity index is 1.45. The predicted octanol–water partition coefficient (Wildman–Crippen LogP) is 4.60. The van der Waals surface area contributed by atoms with E-state index in [2.05, 4.69) is 12.1 Å². The molecule has 4 nitrogen and oxygen atoms in total. The summed E-state index contributed by atoms with van der Waals surface area (Å²) in [5, 5.41) is 10.0. The van der Waals surface area contributed by atoms with Crippen LogP contribution in [0.1, 0.15) is 34.1 Å². The van der Waals surface area contributed by atoms with Gasteiger partial charge in [0.05, 0.1) is 11.8 Å². The molecule has 3 aromatic rings. The van der Waals surface area contributed by atoms with Crippen LogP contribution in [0.25, 0.3) is 0 Å². The first kappa shape index (κ1) is 19.6. The molecule has 3 aromatic carbocycles. The second kappa shape index (κ2) is 8.03. The lowest BCUT2D eigenvalue weighted by atomic mass is 9.52. The van der Waals surface area contributed by atoms with Crippen molar-refractivity contribution in [3.63, 3.8) is 0 Å². The molecule has 156 valence electrons. The number of rotatable bonds is 5. The first-order valence-corrected chi connectivity index (χ1v) is 10.7. The van der Waals surface area contributed by atoms with Crippen LogP contribution in [0, 0.1) is 11.8 Å². The topological polar surface area (TPSA) is 63.6 Å². The summed E-state index contributed by atoms with van der Waals surface area (Å²) in [6.45, 7) is 0. The second-order valence-electron chi connectivity index (χ2n) is 8.50. The third-order valence-electron chi connectivity index (χ3n) is 6.77. The Bertz CT molecular complexity index is 1020. The summed E-state index contributed by atoms with van der Waals surface area (Å²) in [7, 11) is 0. The molecule has 0 heterocycles. The molecule has 5 rings (SSSR count). The largest absolute Gasteiger partial charge is 0.481 e. The first-order valence-electron chi connectivity index (χ1n) is 10.7. The fourth-order valence-electron chi connectivity index (χ4n) is 5.37. The van der Waals surface area contributed by atoms with E-state index in [0.717, 1.165) is 11.1 Å². The van der Waals surface area contributed by atoms with Crippen molar-refractivity contribution in [1.82, 2.24) is 0 Å². The molecule has 1 saturated carbocycles. The highest BCUT2D eigenvalue weighted by atomic mass is 16.5. The third-order valence-corrected chi connectivity index (χ3v) is 6.77. The van der Waals surface area contributed by atoms with Crippen LogP contribution in [0.3, 0.4) is 0 Å². The Kier molecular flexibility index (Phi) is 5.06. The number of aliphatic carboxylic acids is 1. The van der Waals surface area contributed by atoms with Crippen LogP contribution < -0.4 is 0 Å². The van der Waals surface area contributed by atoms with Crippen LogP contribution in [-0.2, 0) is 27.2 Å². The summed E-state index contributed by atoms with van der Waals surface area (Å²) >= 11 is 0. The Morgan fingerprint density at radius 2 is 1.13 bits per heavy atom. The molecule has 0 unspecified atom stereocenters. The first-order chi connectivity index (χ1) is 15.1. The Hall–Kier alpha value is -3.40. The molecule has 31 heavy (non-hydrogen) atoms. The van der Waals surface area contributed by atoms with Gasteiger partial charge in [-0.25, -0.2) is 0 Å². The lowest BCUT2D eigenvalue weighted by Crippen LogP contribution is -2.52. The van der Waals surface area contributed by atoms with E-state index in [4.69, 9.17) is 4.74 Å². The predicted molar refractivity (Wildman–Crippen MR) is 117 cm³/mol. The van der Waals surface area contributed by atoms with E-state index in [0.29, 0.717) is 12.8 Å². The standard InChI is InChI=1S/C27H24O4/c28-26(29)24-22(17-9-3-1-4-10-17)25(23(24)18-11-5-2-6-12-18)27(30)31-21-15-19-13-7-8-14-20(19)16-21/h1-14,21-25H,15-16H2,(H,28,29)/t22-,23+,24-,25+. The summed E-state index contributed by atoms with van der Waals surface area (Å²) in [4.78, 5) is 25.7. The molecule has 4 atom stereocenters. The van der Waals surface area contributed by atoms with Gasteiger partial charge in [-0.3, -0.25) is 9.59 Å². The number of benzene rings is 3. The number of hydrogen-bond acceptors (Lipinski definition) is 3. The summed E-state index contributed by atoms with van der Waals surface area (Å²) in [6, 6.07) is 27.2. The average Bonchev–Trinajstić information content (AvgIpc) is 3.16. The minimum absolute atomic E-state index is 0.193. The van der Waals surface area contributed by atoms with Crippen LogP contribution in [0.5, 0.6) is 0 Å². The van der Waals surface area contributed by atoms with Gasteiger partial charge in [-0.15, -0.1) is 0 Å². The van der Waals surface area contributed by atoms with Crippen molar-refractivity contribution < 1.29 is 19.4 Å². The molecule has 0 bridgehead atoms. The van der Waals surface area contributed by atoms with Gasteiger partial charge in [0.25, 0.3) is 0 Å². The molecule has 0 saturated heterocycles. The fraction of sp³-hybridized carbons (Fsp3) is 0.259. The number of esters is 1. The third kappa shape index (κ3) is 3.52. The van der Waals surface area contributed by atoms with Crippen LogP contribution in [0.4, 0.5) is 0 Å². The number of ether oxygens (including phenoxy) is 1. The minimum atomic E-state index is -0.875. The van der Waals surface area contributed by atoms with Crippen molar-refractivity contribution in [1.29, 1.82) is 0 Å². The van der Waals surface area contributed by atoms with Gasteiger partial charge in [0.15, 0.2) is 0 Å². The van der Waals surface area contributed by atoms with Crippen LogP contribution in [-0.4, -0.2) is 23.1 Å². The molecule has 0 aromatic heterocycles. The lowest BCUT2D eigenvalue weighted by molar-refractivity contribution is -0.167. The van der Waals surface area contributed by atoms with Crippen LogP contribution in [0.2, 0.25) is 0 Å². The van der Waals surface area contributed by atoms with E-state index in [1.165, 1.54) is 11.1 Å². The van der Waals surface area contributed by atoms with Crippen LogP contribution in [0.15, 0.2) is 84.9 Å². The molecule has 2 aliphatic rings. The van der Waals surface area contributed by atoms with Gasteiger partial charge < -0.3 is 9.84 Å². The molecule has 0 radical (unpaired) electrons. The number of carbonyl (C=O) groups is 2. The van der Waals surface area contributed by atoms with Gasteiger partial charge in [0.2, 0.25) is 0 Å². The Morgan fingerprint density at radius 3 is 1.58 bits per heavy atom. The highest BCUT2D eigenvalue weighted by molar-refractivity contribution is 5.84. The molecular weight excluding hydrogens is 388 g/mol. The van der Waals surface area contributed by atoms with Crippen molar-refractivity contribution in [2.75, 3.05) is 0 Å². The van der Waals surface area contributed by atoms with Crippen molar-refractivity contribution in [3.05, 3.63) is 107 Å². The number of carboxylic acid groups (broad SMARTS) is 1. The molecule has 4 heteroatoms. The molecule has 0 amide bonds. The van der Waals surface area contributed by atoms with Gasteiger partial charge in [-0.1, -0.05) is 84.9 Å². The molecule has 1 fully saturated rings. The second-order valence-corrected chi connectivity index (χ2v) is 8.50. The zero-order valence-electron chi connectivity index (χ0n) is 17.1. The van der Waals surface area contributed by atoms with Crippen molar-refractivity contribution in [2.24, 2.45) is 11.8 Å². The highest BCUT2D eigenvalue weighted by Gasteiger charge is 2.59. The molecular formula is C27H24O4. The van der Waals surface area contributed by atoms with Crippen LogP contribution >= 0.6 is 0 Å². The minimum Gasteiger partial charge on any atom is -0.481 e. The SMILES string of the molecule is O=C(O)[C@@H]1[C@@H](c2ccccc2)[C@H](C(=O)OC2Cc3ccccc3C2)[C@H]1c1ccccc1. The maximum absolute atomic E-state index is 13.5. The average molecular weight is 412 g/mol. The van der Waals surface area contributed by atoms with E-state index in [1.807, 2.05) is 72.8 Å². The summed E-state index contributed by atoms with van der Waals surface area (Å²) < 4.78 is 6.00. The van der Waals surface area contributed by atoms with E-state index >= 15 is 0 Å². The van der Waals surface area contributed by atoms with E-state index in [-0.39, 0.29) is 12.1 Å². The van der Waals surface area contributed by atoms with Crippen molar-refractivity contribution >= 4 is 11.9 Å². The number of carbonyl (C=O) groups excluding carboxylic acids is 1. The normalized spacial score (nSPS) is 24.8. The molecule has 0 spiro atoms. The zero-order chi connectivity index (χ0) is 21.4. The van der Waals surface area contributed by atoms with E-state index in [9.17, 15) is 14.7 Å². The summed E-state index contributed by atoms with van der Waals surface area (Å²) in [5.74, 6) is -3.16. The summed E-state index contributed by atoms with van der Waals surface area (Å²) in [6.07, 6.45) is 1.23. The van der Waals surface area contributed by atoms with E-state index in [1.54, 1.807) is 0 Å². The zero-order valence-corrected chi connectivity index (χ0v) is 17.1. The van der Waals surface area contributed by atoms with E-state index < -0.39 is 29.6 Å². The molecule has 1 N–H and O–H groups in total. The number of fused-ring (bicyclic) bond motifs is 1. The molecule has 0 aliphatic heterocycles. The van der Waals surface area contributed by atoms with Gasteiger partial charge >= 0.3 is 11.9 Å². The molecule has 2 aliphatic carbocycles. The van der Waals surface area contributed by atoms with Crippen molar-refractivity contribution in [3.8, 4) is 0 Å². The maximum Gasteiger partial charge on any atom is 0.310 e. The number of hydrogen-bond donors (Lipinski definition) is 1. The Labute approximate surface area is 181 Å². The highest BCUT2D eigenvalue weighted by Crippen LogP contribution is 2.58. The van der Waals surface area contributed by atoms with Gasteiger partial charge in [0.1, 0.15) is 6.10 Å². The number of carboxylic acids is 1. The Morgan fingerprint density at radius 1 is 0.677 bits per heavy atom. The summed E-state index contributed by atoms with van der Waals surface area (Å²) in [5.41, 5.74) is 4.19. The quantitative estimate of drug-likeness (QED) is 0.623. The lowest BCUT2D eigenvalue weighted by Gasteiger charge is -2.49. The maximum atomic E-state index is 13.5. The monoisotopic (exact) mass is 412 g/mol. The van der Waals surface area contributed by atoms with Gasteiger partial charge in [-0.2, -0.15) is 0 Å². The van der Waals surface area contributed by atoms with Crippen molar-refractivity contribution in [2.45, 2.75) is 30.8 Å². The van der Waals surface area contributed by atoms with Gasteiger partial charge in [0, 0.05) is 24.7 Å². The van der Waals surface area contributed by atoms with Gasteiger partial charge in [-0.05, 0) is 22.3 Å². The smallest absolute Gasteiger partial charge is 0.310 e.